The number of hydrogen-bond acceptors (Lipinski definition) is 1. The minimum atomic E-state index is 1.06. The minimum absolute atomic E-state index is 1.06. The first-order valence-corrected chi connectivity index (χ1v) is 4.25. The Morgan fingerprint density at radius 2 is 2.25 bits per heavy atom. The second kappa shape index (κ2) is 2.63. The number of aromatic nitrogens is 2. The fourth-order valence-electron chi connectivity index (χ4n) is 1.41. The SMILES string of the molecule is CCc1ccc2n[nH]c(C)c2c1. The van der Waals surface area contributed by atoms with Crippen molar-refractivity contribution in [3.63, 3.8) is 0 Å². The van der Waals surface area contributed by atoms with Gasteiger partial charge in [0.25, 0.3) is 0 Å². The summed E-state index contributed by atoms with van der Waals surface area (Å²) in [5.74, 6) is 0. The van der Waals surface area contributed by atoms with Gasteiger partial charge < -0.3 is 0 Å². The number of aromatic amines is 1. The van der Waals surface area contributed by atoms with Crippen molar-refractivity contribution in [2.45, 2.75) is 20.3 Å². The van der Waals surface area contributed by atoms with Crippen molar-refractivity contribution in [1.82, 2.24) is 10.2 Å². The van der Waals surface area contributed by atoms with Crippen LogP contribution in [0.15, 0.2) is 18.2 Å². The Hall–Kier alpha value is -1.31. The van der Waals surface area contributed by atoms with Crippen LogP contribution in [0.1, 0.15) is 18.2 Å². The second-order valence-electron chi connectivity index (χ2n) is 3.05. The van der Waals surface area contributed by atoms with E-state index in [9.17, 15) is 0 Å². The molecule has 0 spiro atoms. The van der Waals surface area contributed by atoms with Gasteiger partial charge in [-0.3, -0.25) is 5.10 Å². The summed E-state index contributed by atoms with van der Waals surface area (Å²) in [5, 5.41) is 8.39. The molecule has 0 bridgehead atoms. The van der Waals surface area contributed by atoms with Crippen LogP contribution in [0.4, 0.5) is 0 Å². The molecule has 0 saturated carbocycles. The van der Waals surface area contributed by atoms with Crippen LogP contribution in [-0.4, -0.2) is 10.2 Å². The molecule has 2 heteroatoms. The Balaban J connectivity index is 2.71. The Bertz CT molecular complexity index is 401. The topological polar surface area (TPSA) is 28.7 Å². The Kier molecular flexibility index (Phi) is 1.61. The van der Waals surface area contributed by atoms with E-state index in [0.29, 0.717) is 0 Å². The maximum atomic E-state index is 4.17. The molecular weight excluding hydrogens is 148 g/mol. The molecule has 2 aromatic rings. The predicted molar refractivity (Wildman–Crippen MR) is 50.2 cm³/mol. The summed E-state index contributed by atoms with van der Waals surface area (Å²) in [6, 6.07) is 6.40. The van der Waals surface area contributed by atoms with Crippen LogP contribution < -0.4 is 0 Å². The number of aryl methyl sites for hydroxylation is 2. The Morgan fingerprint density at radius 3 is 3.00 bits per heavy atom. The lowest BCUT2D eigenvalue weighted by Crippen LogP contribution is -1.78. The minimum Gasteiger partial charge on any atom is -0.282 e. The predicted octanol–water partition coefficient (Wildman–Crippen LogP) is 2.43. The van der Waals surface area contributed by atoms with Gasteiger partial charge in [0.2, 0.25) is 0 Å². The highest BCUT2D eigenvalue weighted by Crippen LogP contribution is 2.16. The van der Waals surface area contributed by atoms with Crippen LogP contribution in [0, 0.1) is 6.92 Å². The quantitative estimate of drug-likeness (QED) is 0.682. The van der Waals surface area contributed by atoms with Crippen molar-refractivity contribution in [2.24, 2.45) is 0 Å². The molecule has 1 heterocycles. The summed E-state index contributed by atoms with van der Waals surface area (Å²) in [5.41, 5.74) is 3.58. The van der Waals surface area contributed by atoms with Crippen molar-refractivity contribution in [1.29, 1.82) is 0 Å². The highest BCUT2D eigenvalue weighted by Gasteiger charge is 2.00. The molecule has 62 valence electrons. The van der Waals surface area contributed by atoms with Crippen LogP contribution in [0.3, 0.4) is 0 Å². The third kappa shape index (κ3) is 0.998. The van der Waals surface area contributed by atoms with E-state index in [1.165, 1.54) is 10.9 Å². The number of nitrogens with zero attached hydrogens (tertiary/aromatic N) is 1. The van der Waals surface area contributed by atoms with Gasteiger partial charge in [-0.15, -0.1) is 0 Å². The molecule has 0 aliphatic carbocycles. The fourth-order valence-corrected chi connectivity index (χ4v) is 1.41. The summed E-state index contributed by atoms with van der Waals surface area (Å²) in [7, 11) is 0. The molecule has 2 rings (SSSR count). The van der Waals surface area contributed by atoms with Crippen LogP contribution in [0.2, 0.25) is 0 Å². The Morgan fingerprint density at radius 1 is 1.42 bits per heavy atom. The molecule has 0 amide bonds. The van der Waals surface area contributed by atoms with Gasteiger partial charge in [-0.25, -0.2) is 0 Å². The van der Waals surface area contributed by atoms with E-state index in [-0.39, 0.29) is 0 Å². The highest BCUT2D eigenvalue weighted by molar-refractivity contribution is 5.81. The van der Waals surface area contributed by atoms with E-state index in [4.69, 9.17) is 0 Å². The number of rotatable bonds is 1. The molecule has 1 N–H and O–H groups in total. The molecule has 0 aliphatic rings. The average Bonchev–Trinajstić information content (AvgIpc) is 2.47. The molecule has 1 aromatic heterocycles. The van der Waals surface area contributed by atoms with Crippen LogP contribution in [0.5, 0.6) is 0 Å². The van der Waals surface area contributed by atoms with E-state index in [1.807, 2.05) is 0 Å². The van der Waals surface area contributed by atoms with Crippen molar-refractivity contribution in [3.05, 3.63) is 29.5 Å². The van der Waals surface area contributed by atoms with E-state index < -0.39 is 0 Å². The van der Waals surface area contributed by atoms with Gasteiger partial charge in [0.1, 0.15) is 0 Å². The molecule has 0 aliphatic heterocycles. The van der Waals surface area contributed by atoms with Crippen molar-refractivity contribution >= 4 is 10.9 Å². The molecule has 2 nitrogen and oxygen atoms in total. The van der Waals surface area contributed by atoms with Crippen LogP contribution in [0.25, 0.3) is 10.9 Å². The van der Waals surface area contributed by atoms with Gasteiger partial charge in [0.05, 0.1) is 5.52 Å². The van der Waals surface area contributed by atoms with Gasteiger partial charge in [-0.05, 0) is 31.0 Å². The third-order valence-electron chi connectivity index (χ3n) is 2.22. The van der Waals surface area contributed by atoms with Gasteiger partial charge in [0.15, 0.2) is 0 Å². The average molecular weight is 160 g/mol. The van der Waals surface area contributed by atoms with E-state index >= 15 is 0 Å². The first-order valence-electron chi connectivity index (χ1n) is 4.25. The molecule has 0 fully saturated rings. The molecule has 0 unspecified atom stereocenters. The lowest BCUT2D eigenvalue weighted by atomic mass is 10.1. The third-order valence-corrected chi connectivity index (χ3v) is 2.22. The molecular formula is C10H12N2. The van der Waals surface area contributed by atoms with Crippen LogP contribution >= 0.6 is 0 Å². The van der Waals surface area contributed by atoms with Gasteiger partial charge in [0, 0.05) is 11.1 Å². The lowest BCUT2D eigenvalue weighted by molar-refractivity contribution is 1.07. The zero-order chi connectivity index (χ0) is 8.55. The summed E-state index contributed by atoms with van der Waals surface area (Å²) in [4.78, 5) is 0. The van der Waals surface area contributed by atoms with Crippen molar-refractivity contribution in [3.8, 4) is 0 Å². The summed E-state index contributed by atoms with van der Waals surface area (Å²) in [6.45, 7) is 4.21. The first-order chi connectivity index (χ1) is 5.81. The number of fused-ring (bicyclic) bond motifs is 1. The molecule has 0 radical (unpaired) electrons. The zero-order valence-corrected chi connectivity index (χ0v) is 7.39. The monoisotopic (exact) mass is 160 g/mol. The summed E-state index contributed by atoms with van der Waals surface area (Å²) in [6.07, 6.45) is 1.08. The van der Waals surface area contributed by atoms with Crippen molar-refractivity contribution in [2.75, 3.05) is 0 Å². The second-order valence-corrected chi connectivity index (χ2v) is 3.05. The maximum absolute atomic E-state index is 4.17. The molecule has 0 saturated heterocycles. The molecule has 1 aromatic carbocycles. The van der Waals surface area contributed by atoms with E-state index in [0.717, 1.165) is 17.6 Å². The summed E-state index contributed by atoms with van der Waals surface area (Å²) < 4.78 is 0. The molecule has 0 atom stereocenters. The number of H-pyrrole nitrogens is 1. The van der Waals surface area contributed by atoms with Gasteiger partial charge in [-0.1, -0.05) is 13.0 Å². The smallest absolute Gasteiger partial charge is 0.0923 e. The lowest BCUT2D eigenvalue weighted by Gasteiger charge is -1.95. The Labute approximate surface area is 71.6 Å². The van der Waals surface area contributed by atoms with Gasteiger partial charge in [-0.2, -0.15) is 5.10 Å². The number of nitrogens with one attached hydrogen (secondary N) is 1. The van der Waals surface area contributed by atoms with E-state index in [1.54, 1.807) is 0 Å². The van der Waals surface area contributed by atoms with Gasteiger partial charge >= 0.3 is 0 Å². The molecule has 12 heavy (non-hydrogen) atoms. The standard InChI is InChI=1S/C10H12N2/c1-3-8-4-5-10-9(6-8)7(2)11-12-10/h4-6H,3H2,1-2H3,(H,11,12). The highest BCUT2D eigenvalue weighted by atomic mass is 15.1. The number of hydrogen-bond donors (Lipinski definition) is 1. The fraction of sp³-hybridized carbons (Fsp3) is 0.300. The first kappa shape index (κ1) is 7.35. The normalized spacial score (nSPS) is 10.8. The largest absolute Gasteiger partial charge is 0.282 e. The van der Waals surface area contributed by atoms with E-state index in [2.05, 4.69) is 42.2 Å². The maximum Gasteiger partial charge on any atom is 0.0923 e. The zero-order valence-electron chi connectivity index (χ0n) is 7.39. The van der Waals surface area contributed by atoms with Crippen molar-refractivity contribution < 1.29 is 0 Å². The number of benzene rings is 1. The van der Waals surface area contributed by atoms with Crippen LogP contribution in [-0.2, 0) is 6.42 Å². The summed E-state index contributed by atoms with van der Waals surface area (Å²) >= 11 is 0.